The second-order valence-electron chi connectivity index (χ2n) is 6.77. The average molecular weight is 358 g/mol. The molecule has 4 rings (SSSR count). The molecule has 0 unspecified atom stereocenters. The number of nitro benzene ring substituents is 1. The average Bonchev–Trinajstić information content (AvgIpc) is 2.73. The Balaban J connectivity index is 1.60. The molecule has 6 nitrogen and oxygen atoms in total. The Morgan fingerprint density at radius 1 is 1.11 bits per heavy atom. The van der Waals surface area contributed by atoms with Crippen LogP contribution in [0.4, 0.5) is 11.5 Å². The molecule has 0 atom stereocenters. The molecule has 1 fully saturated rings. The highest BCUT2D eigenvalue weighted by atomic mass is 16.6. The summed E-state index contributed by atoms with van der Waals surface area (Å²) in [5.74, 6) is 1.31. The van der Waals surface area contributed by atoms with Crippen molar-refractivity contribution in [2.45, 2.75) is 18.8 Å². The first kappa shape index (κ1) is 17.0. The van der Waals surface area contributed by atoms with E-state index in [4.69, 9.17) is 0 Å². The molecule has 0 amide bonds. The van der Waals surface area contributed by atoms with Crippen LogP contribution < -0.4 is 4.90 Å². The maximum atomic E-state index is 11.0. The smallest absolute Gasteiger partial charge is 0.270 e. The lowest BCUT2D eigenvalue weighted by molar-refractivity contribution is -0.384. The van der Waals surface area contributed by atoms with Gasteiger partial charge in [-0.25, -0.2) is 4.98 Å². The lowest BCUT2D eigenvalue weighted by atomic mass is 9.89. The molecule has 0 N–H and O–H groups in total. The number of nitro groups is 1. The third kappa shape index (κ3) is 3.32. The zero-order valence-electron chi connectivity index (χ0n) is 14.7. The summed E-state index contributed by atoms with van der Waals surface area (Å²) < 4.78 is 0. The van der Waals surface area contributed by atoms with Crippen molar-refractivity contribution in [3.8, 4) is 6.07 Å². The van der Waals surface area contributed by atoms with Crippen molar-refractivity contribution < 1.29 is 4.92 Å². The van der Waals surface area contributed by atoms with Crippen LogP contribution in [0.3, 0.4) is 0 Å². The SMILES string of the molecule is N#Cc1cc(N2CCC(c3ccccc3)CC2)nc2ccc([N+](=O)[O-])cc12. The Bertz CT molecular complexity index is 1040. The molecular weight excluding hydrogens is 340 g/mol. The fraction of sp³-hybridized carbons (Fsp3) is 0.238. The lowest BCUT2D eigenvalue weighted by Crippen LogP contribution is -2.33. The Morgan fingerprint density at radius 3 is 2.52 bits per heavy atom. The Kier molecular flexibility index (Phi) is 4.43. The number of anilines is 1. The predicted molar refractivity (Wildman–Crippen MR) is 104 cm³/mol. The topological polar surface area (TPSA) is 83.1 Å². The Labute approximate surface area is 156 Å². The molecule has 27 heavy (non-hydrogen) atoms. The fourth-order valence-corrected chi connectivity index (χ4v) is 3.73. The first-order valence-electron chi connectivity index (χ1n) is 8.95. The summed E-state index contributed by atoms with van der Waals surface area (Å²) in [6, 6.07) is 18.9. The summed E-state index contributed by atoms with van der Waals surface area (Å²) >= 11 is 0. The fourth-order valence-electron chi connectivity index (χ4n) is 3.73. The van der Waals surface area contributed by atoms with Gasteiger partial charge in [0.1, 0.15) is 5.82 Å². The molecule has 0 saturated carbocycles. The number of aromatic nitrogens is 1. The van der Waals surface area contributed by atoms with E-state index in [2.05, 4.69) is 40.2 Å². The molecule has 1 aromatic heterocycles. The minimum atomic E-state index is -0.455. The van der Waals surface area contributed by atoms with E-state index < -0.39 is 4.92 Å². The van der Waals surface area contributed by atoms with Crippen molar-refractivity contribution in [1.29, 1.82) is 5.26 Å². The molecule has 6 heteroatoms. The minimum absolute atomic E-state index is 0.0303. The number of hydrogen-bond acceptors (Lipinski definition) is 5. The van der Waals surface area contributed by atoms with Crippen molar-refractivity contribution in [2.24, 2.45) is 0 Å². The number of rotatable bonds is 3. The van der Waals surface area contributed by atoms with Gasteiger partial charge in [0, 0.05) is 30.6 Å². The van der Waals surface area contributed by atoms with E-state index in [1.165, 1.54) is 17.7 Å². The van der Waals surface area contributed by atoms with Crippen LogP contribution in [0, 0.1) is 21.4 Å². The highest BCUT2D eigenvalue weighted by Gasteiger charge is 2.22. The third-order valence-corrected chi connectivity index (χ3v) is 5.20. The third-order valence-electron chi connectivity index (χ3n) is 5.20. The maximum absolute atomic E-state index is 11.0. The van der Waals surface area contributed by atoms with Gasteiger partial charge in [0.2, 0.25) is 0 Å². The predicted octanol–water partition coefficient (Wildman–Crippen LogP) is 4.40. The van der Waals surface area contributed by atoms with E-state index in [-0.39, 0.29) is 5.69 Å². The molecule has 0 aliphatic carbocycles. The van der Waals surface area contributed by atoms with Crippen molar-refractivity contribution in [2.75, 3.05) is 18.0 Å². The normalized spacial score (nSPS) is 14.9. The van der Waals surface area contributed by atoms with Gasteiger partial charge in [0.15, 0.2) is 0 Å². The standard InChI is InChI=1S/C21H18N4O2/c22-14-17-12-21(23-20-7-6-18(25(26)27)13-19(17)20)24-10-8-16(9-11-24)15-4-2-1-3-5-15/h1-7,12-13,16H,8-11H2. The molecule has 1 saturated heterocycles. The summed E-state index contributed by atoms with van der Waals surface area (Å²) in [7, 11) is 0. The molecule has 2 heterocycles. The van der Waals surface area contributed by atoms with Crippen molar-refractivity contribution in [1.82, 2.24) is 4.98 Å². The first-order valence-corrected chi connectivity index (χ1v) is 8.95. The molecule has 1 aliphatic heterocycles. The Morgan fingerprint density at radius 2 is 1.85 bits per heavy atom. The minimum Gasteiger partial charge on any atom is -0.357 e. The monoisotopic (exact) mass is 358 g/mol. The molecule has 1 aliphatic rings. The van der Waals surface area contributed by atoms with Crippen LogP contribution in [0.15, 0.2) is 54.6 Å². The van der Waals surface area contributed by atoms with Crippen LogP contribution in [-0.2, 0) is 0 Å². The van der Waals surface area contributed by atoms with Crippen LogP contribution in [-0.4, -0.2) is 23.0 Å². The van der Waals surface area contributed by atoms with E-state index in [1.807, 2.05) is 6.07 Å². The molecule has 3 aromatic rings. The van der Waals surface area contributed by atoms with Crippen LogP contribution in [0.5, 0.6) is 0 Å². The van der Waals surface area contributed by atoms with Gasteiger partial charge in [-0.05, 0) is 36.5 Å². The van der Waals surface area contributed by atoms with E-state index in [1.54, 1.807) is 12.1 Å². The van der Waals surface area contributed by atoms with Gasteiger partial charge < -0.3 is 4.90 Å². The number of piperidine rings is 1. The first-order chi connectivity index (χ1) is 13.2. The summed E-state index contributed by atoms with van der Waals surface area (Å²) in [4.78, 5) is 17.4. The van der Waals surface area contributed by atoms with Crippen molar-refractivity contribution >= 4 is 22.4 Å². The zero-order chi connectivity index (χ0) is 18.8. The lowest BCUT2D eigenvalue weighted by Gasteiger charge is -2.33. The molecule has 0 bridgehead atoms. The molecule has 2 aromatic carbocycles. The number of pyridine rings is 1. The van der Waals surface area contributed by atoms with E-state index >= 15 is 0 Å². The highest BCUT2D eigenvalue weighted by Crippen LogP contribution is 2.32. The molecular formula is C21H18N4O2. The quantitative estimate of drug-likeness (QED) is 0.512. The molecule has 0 spiro atoms. The number of fused-ring (bicyclic) bond motifs is 1. The largest absolute Gasteiger partial charge is 0.357 e. The summed E-state index contributed by atoms with van der Waals surface area (Å²) in [5, 5.41) is 21.0. The van der Waals surface area contributed by atoms with Crippen molar-refractivity contribution in [3.05, 3.63) is 75.8 Å². The van der Waals surface area contributed by atoms with E-state index in [0.29, 0.717) is 22.4 Å². The van der Waals surface area contributed by atoms with Crippen LogP contribution >= 0.6 is 0 Å². The van der Waals surface area contributed by atoms with Gasteiger partial charge >= 0.3 is 0 Å². The summed E-state index contributed by atoms with van der Waals surface area (Å²) in [6.07, 6.45) is 2.07. The summed E-state index contributed by atoms with van der Waals surface area (Å²) in [5.41, 5.74) is 2.37. The van der Waals surface area contributed by atoms with Crippen LogP contribution in [0.25, 0.3) is 10.9 Å². The number of non-ortho nitro benzene ring substituents is 1. The highest BCUT2D eigenvalue weighted by molar-refractivity contribution is 5.88. The van der Waals surface area contributed by atoms with Gasteiger partial charge in [-0.2, -0.15) is 5.26 Å². The number of nitrogens with zero attached hydrogens (tertiary/aromatic N) is 4. The molecule has 134 valence electrons. The van der Waals surface area contributed by atoms with E-state index in [0.717, 1.165) is 31.7 Å². The van der Waals surface area contributed by atoms with E-state index in [9.17, 15) is 15.4 Å². The second kappa shape index (κ2) is 7.04. The van der Waals surface area contributed by atoms with Gasteiger partial charge in [-0.1, -0.05) is 30.3 Å². The van der Waals surface area contributed by atoms with Gasteiger partial charge in [0.05, 0.1) is 22.1 Å². The number of nitriles is 1. The summed E-state index contributed by atoms with van der Waals surface area (Å²) in [6.45, 7) is 1.74. The molecule has 0 radical (unpaired) electrons. The number of benzene rings is 2. The maximum Gasteiger partial charge on any atom is 0.270 e. The number of hydrogen-bond donors (Lipinski definition) is 0. The zero-order valence-corrected chi connectivity index (χ0v) is 14.7. The van der Waals surface area contributed by atoms with Gasteiger partial charge in [-0.15, -0.1) is 0 Å². The second-order valence-corrected chi connectivity index (χ2v) is 6.77. The Hall–Kier alpha value is -3.46. The van der Waals surface area contributed by atoms with Gasteiger partial charge in [0.25, 0.3) is 5.69 Å². The van der Waals surface area contributed by atoms with Gasteiger partial charge in [-0.3, -0.25) is 10.1 Å². The van der Waals surface area contributed by atoms with Crippen LogP contribution in [0.2, 0.25) is 0 Å². The van der Waals surface area contributed by atoms with Crippen LogP contribution in [0.1, 0.15) is 29.9 Å². The van der Waals surface area contributed by atoms with Crippen molar-refractivity contribution in [3.63, 3.8) is 0 Å².